The van der Waals surface area contributed by atoms with Crippen LogP contribution in [0.2, 0.25) is 5.15 Å². The molecular weight excluding hydrogens is 438 g/mol. The number of carbonyl (C=O) groups excluding carboxylic acids is 1. The summed E-state index contributed by atoms with van der Waals surface area (Å²) in [5.74, 6) is 0.373. The van der Waals surface area contributed by atoms with E-state index in [-0.39, 0.29) is 15.7 Å². The topological polar surface area (TPSA) is 97.4 Å². The van der Waals surface area contributed by atoms with E-state index < -0.39 is 21.7 Å². The third kappa shape index (κ3) is 6.19. The van der Waals surface area contributed by atoms with Gasteiger partial charge in [-0.1, -0.05) is 41.9 Å². The van der Waals surface area contributed by atoms with Crippen LogP contribution >= 0.6 is 11.6 Å². The van der Waals surface area contributed by atoms with Crippen LogP contribution in [0.5, 0.6) is 5.75 Å². The highest BCUT2D eigenvalue weighted by molar-refractivity contribution is 7.92. The number of anilines is 1. The average molecular weight is 460 g/mol. The van der Waals surface area contributed by atoms with Crippen molar-refractivity contribution in [3.8, 4) is 16.9 Å². The van der Waals surface area contributed by atoms with Crippen molar-refractivity contribution in [2.24, 2.45) is 0 Å². The second-order valence-electron chi connectivity index (χ2n) is 7.77. The highest BCUT2D eigenvalue weighted by atomic mass is 35.5. The van der Waals surface area contributed by atoms with Crippen LogP contribution in [0.25, 0.3) is 11.1 Å². The van der Waals surface area contributed by atoms with Crippen molar-refractivity contribution in [1.82, 2.24) is 10.3 Å². The van der Waals surface area contributed by atoms with Crippen LogP contribution in [-0.2, 0) is 10.0 Å². The molecule has 0 saturated heterocycles. The maximum Gasteiger partial charge on any atom is 0.413 e. The minimum Gasteiger partial charge on any atom is -0.410 e. The molecule has 1 aromatic heterocycles. The molecule has 0 aliphatic heterocycles. The summed E-state index contributed by atoms with van der Waals surface area (Å²) in [6, 6.07) is 16.3. The van der Waals surface area contributed by atoms with E-state index in [0.717, 1.165) is 5.56 Å². The quantitative estimate of drug-likeness (QED) is 0.518. The van der Waals surface area contributed by atoms with Crippen molar-refractivity contribution in [3.05, 3.63) is 72.0 Å². The third-order valence-electron chi connectivity index (χ3n) is 4.01. The molecule has 1 heterocycles. The molecule has 0 fully saturated rings. The molecule has 9 heteroatoms. The Morgan fingerprint density at radius 1 is 1.00 bits per heavy atom. The van der Waals surface area contributed by atoms with Crippen molar-refractivity contribution in [2.45, 2.75) is 31.2 Å². The lowest BCUT2D eigenvalue weighted by atomic mass is 10.1. The number of halogens is 1. The highest BCUT2D eigenvalue weighted by Gasteiger charge is 2.17. The van der Waals surface area contributed by atoms with E-state index in [9.17, 15) is 13.2 Å². The molecule has 0 aliphatic carbocycles. The number of nitrogens with one attached hydrogen (secondary N) is 2. The minimum atomic E-state index is -3.81. The number of ether oxygens (including phenoxy) is 1. The van der Waals surface area contributed by atoms with Crippen LogP contribution in [0.3, 0.4) is 0 Å². The van der Waals surface area contributed by atoms with Crippen molar-refractivity contribution < 1.29 is 17.9 Å². The van der Waals surface area contributed by atoms with Gasteiger partial charge in [-0.25, -0.2) is 18.2 Å². The SMILES string of the molecule is CC(C)(C)NC(=O)Oc1ccc(-c2cnc(Cl)c(NS(=O)(=O)c3ccccc3)c2)cc1. The van der Waals surface area contributed by atoms with Gasteiger partial charge in [0.05, 0.1) is 10.6 Å². The number of benzene rings is 2. The van der Waals surface area contributed by atoms with Crippen LogP contribution in [0.1, 0.15) is 20.8 Å². The van der Waals surface area contributed by atoms with Crippen molar-refractivity contribution in [3.63, 3.8) is 0 Å². The number of sulfonamides is 1. The molecule has 2 aromatic carbocycles. The van der Waals surface area contributed by atoms with Gasteiger partial charge >= 0.3 is 6.09 Å². The third-order valence-corrected chi connectivity index (χ3v) is 5.69. The lowest BCUT2D eigenvalue weighted by Gasteiger charge is -2.19. The van der Waals surface area contributed by atoms with Gasteiger partial charge in [0.2, 0.25) is 0 Å². The number of nitrogens with zero attached hydrogens (tertiary/aromatic N) is 1. The van der Waals surface area contributed by atoms with E-state index in [2.05, 4.69) is 15.0 Å². The molecule has 0 unspecified atom stereocenters. The highest BCUT2D eigenvalue weighted by Crippen LogP contribution is 2.29. The van der Waals surface area contributed by atoms with Gasteiger partial charge in [0, 0.05) is 17.3 Å². The molecule has 3 aromatic rings. The summed E-state index contributed by atoms with van der Waals surface area (Å²) in [6.07, 6.45) is 0.983. The Morgan fingerprint density at radius 2 is 1.65 bits per heavy atom. The van der Waals surface area contributed by atoms with Crippen LogP contribution < -0.4 is 14.8 Å². The molecule has 0 spiro atoms. The minimum absolute atomic E-state index is 0.0297. The molecule has 7 nitrogen and oxygen atoms in total. The number of amides is 1. The van der Waals surface area contributed by atoms with E-state index in [1.54, 1.807) is 48.5 Å². The average Bonchev–Trinajstić information content (AvgIpc) is 2.69. The molecule has 2 N–H and O–H groups in total. The summed E-state index contributed by atoms with van der Waals surface area (Å²) in [7, 11) is -3.81. The zero-order valence-corrected chi connectivity index (χ0v) is 18.8. The van der Waals surface area contributed by atoms with Crippen LogP contribution in [0, 0.1) is 0 Å². The number of aromatic nitrogens is 1. The number of hydrogen-bond acceptors (Lipinski definition) is 5. The molecule has 0 atom stereocenters. The van der Waals surface area contributed by atoms with Crippen LogP contribution in [0.15, 0.2) is 71.8 Å². The Kier molecular flexibility index (Phi) is 6.52. The van der Waals surface area contributed by atoms with E-state index in [1.807, 2.05) is 20.8 Å². The smallest absolute Gasteiger partial charge is 0.410 e. The zero-order chi connectivity index (χ0) is 22.6. The van der Waals surface area contributed by atoms with E-state index in [4.69, 9.17) is 16.3 Å². The summed E-state index contributed by atoms with van der Waals surface area (Å²) in [5, 5.41) is 2.74. The first kappa shape index (κ1) is 22.6. The first-order valence-electron chi connectivity index (χ1n) is 9.37. The molecule has 162 valence electrons. The summed E-state index contributed by atoms with van der Waals surface area (Å²) in [6.45, 7) is 5.57. The predicted octanol–water partition coefficient (Wildman–Crippen LogP) is 5.09. The van der Waals surface area contributed by atoms with Crippen molar-refractivity contribution in [2.75, 3.05) is 4.72 Å². The molecule has 1 amide bonds. The van der Waals surface area contributed by atoms with E-state index in [1.165, 1.54) is 18.3 Å². The number of pyridine rings is 1. The first-order chi connectivity index (χ1) is 14.5. The lowest BCUT2D eigenvalue weighted by Crippen LogP contribution is -2.42. The number of hydrogen-bond donors (Lipinski definition) is 2. The fraction of sp³-hybridized carbons (Fsp3) is 0.182. The number of rotatable bonds is 5. The summed E-state index contributed by atoms with van der Waals surface area (Å²) in [5.41, 5.74) is 1.14. The predicted molar refractivity (Wildman–Crippen MR) is 121 cm³/mol. The Labute approximate surface area is 186 Å². The first-order valence-corrected chi connectivity index (χ1v) is 11.2. The summed E-state index contributed by atoms with van der Waals surface area (Å²) in [4.78, 5) is 16.1. The van der Waals surface area contributed by atoms with Gasteiger partial charge in [0.15, 0.2) is 5.15 Å². The van der Waals surface area contributed by atoms with Crippen molar-refractivity contribution in [1.29, 1.82) is 0 Å². The molecular formula is C22H22ClN3O4S. The van der Waals surface area contributed by atoms with Gasteiger partial charge in [-0.05, 0) is 56.7 Å². The molecule has 0 saturated carbocycles. The molecule has 3 rings (SSSR count). The van der Waals surface area contributed by atoms with E-state index in [0.29, 0.717) is 11.3 Å². The standard InChI is InChI=1S/C22H22ClN3O4S/c1-22(2,3)25-21(27)30-17-11-9-15(10-12-17)16-13-19(20(23)24-14-16)26-31(28,29)18-7-5-4-6-8-18/h4-14,26H,1-3H3,(H,25,27). The monoisotopic (exact) mass is 459 g/mol. The Balaban J connectivity index is 1.79. The van der Waals surface area contributed by atoms with Gasteiger partial charge in [-0.2, -0.15) is 0 Å². The maximum atomic E-state index is 12.6. The van der Waals surface area contributed by atoms with E-state index >= 15 is 0 Å². The van der Waals surface area contributed by atoms with Gasteiger partial charge in [0.25, 0.3) is 10.0 Å². The largest absolute Gasteiger partial charge is 0.413 e. The van der Waals surface area contributed by atoms with Crippen LogP contribution in [-0.4, -0.2) is 25.0 Å². The van der Waals surface area contributed by atoms with Gasteiger partial charge in [-0.3, -0.25) is 4.72 Å². The van der Waals surface area contributed by atoms with Gasteiger partial charge in [-0.15, -0.1) is 0 Å². The summed E-state index contributed by atoms with van der Waals surface area (Å²) < 4.78 is 32.9. The van der Waals surface area contributed by atoms with Crippen LogP contribution in [0.4, 0.5) is 10.5 Å². The lowest BCUT2D eigenvalue weighted by molar-refractivity contribution is 0.190. The van der Waals surface area contributed by atoms with Crippen molar-refractivity contribution >= 4 is 33.4 Å². The Bertz CT molecular complexity index is 1180. The zero-order valence-electron chi connectivity index (χ0n) is 17.2. The second-order valence-corrected chi connectivity index (χ2v) is 9.81. The Hall–Kier alpha value is -3.10. The van der Waals surface area contributed by atoms with Gasteiger partial charge in [0.1, 0.15) is 5.75 Å². The Morgan fingerprint density at radius 3 is 2.26 bits per heavy atom. The fourth-order valence-corrected chi connectivity index (χ4v) is 3.92. The number of carbonyl (C=O) groups is 1. The normalized spacial score (nSPS) is 11.6. The fourth-order valence-electron chi connectivity index (χ4n) is 2.64. The summed E-state index contributed by atoms with van der Waals surface area (Å²) >= 11 is 6.11. The molecule has 0 radical (unpaired) electrons. The molecule has 31 heavy (non-hydrogen) atoms. The molecule has 0 aliphatic rings. The van der Waals surface area contributed by atoms with Gasteiger partial charge < -0.3 is 10.1 Å². The second kappa shape index (κ2) is 8.95. The molecule has 0 bridgehead atoms. The maximum absolute atomic E-state index is 12.6.